The molecule has 3 aliphatic rings. The fourth-order valence-electron chi connectivity index (χ4n) is 5.19. The molecular formula is C26H26N2O4S2. The SMILES string of the molecule is CCOC(=O)CN1C(=O)C(=Cc2ccc3c(c2)C2CCCC2N3c2ccc(CO)cc2)SC1=S. The molecule has 1 saturated heterocycles. The van der Waals surface area contributed by atoms with Gasteiger partial charge in [0.05, 0.1) is 18.1 Å². The molecule has 1 saturated carbocycles. The fraction of sp³-hybridized carbons (Fsp3) is 0.346. The Morgan fingerprint density at radius 2 is 2.03 bits per heavy atom. The molecule has 1 amide bonds. The lowest BCUT2D eigenvalue weighted by molar-refractivity contribution is -0.145. The van der Waals surface area contributed by atoms with E-state index in [1.54, 1.807) is 6.92 Å². The first-order chi connectivity index (χ1) is 16.5. The van der Waals surface area contributed by atoms with Crippen molar-refractivity contribution in [2.24, 2.45) is 0 Å². The monoisotopic (exact) mass is 494 g/mol. The number of anilines is 2. The molecule has 2 unspecified atom stereocenters. The van der Waals surface area contributed by atoms with Crippen LogP contribution in [0.5, 0.6) is 0 Å². The maximum absolute atomic E-state index is 12.9. The second kappa shape index (κ2) is 9.52. The van der Waals surface area contributed by atoms with Gasteiger partial charge in [0.25, 0.3) is 5.91 Å². The van der Waals surface area contributed by atoms with E-state index in [1.807, 2.05) is 24.3 Å². The summed E-state index contributed by atoms with van der Waals surface area (Å²) in [4.78, 5) is 29.0. The number of fused-ring (bicyclic) bond motifs is 3. The Balaban J connectivity index is 1.42. The van der Waals surface area contributed by atoms with Crippen LogP contribution in [0.3, 0.4) is 0 Å². The van der Waals surface area contributed by atoms with E-state index in [4.69, 9.17) is 17.0 Å². The summed E-state index contributed by atoms with van der Waals surface area (Å²) in [6.45, 7) is 1.88. The summed E-state index contributed by atoms with van der Waals surface area (Å²) in [5, 5.41) is 9.39. The Hall–Kier alpha value is -2.68. The minimum absolute atomic E-state index is 0.0400. The van der Waals surface area contributed by atoms with E-state index in [1.165, 1.54) is 34.3 Å². The zero-order chi connectivity index (χ0) is 23.8. The Labute approximate surface area is 208 Å². The number of nitrogens with zero attached hydrogens (tertiary/aromatic N) is 2. The highest BCUT2D eigenvalue weighted by Gasteiger charge is 2.42. The number of carbonyl (C=O) groups excluding carboxylic acids is 2. The van der Waals surface area contributed by atoms with Crippen molar-refractivity contribution in [2.75, 3.05) is 18.1 Å². The third-order valence-electron chi connectivity index (χ3n) is 6.68. The summed E-state index contributed by atoms with van der Waals surface area (Å²) in [5.74, 6) is -0.260. The van der Waals surface area contributed by atoms with Gasteiger partial charge in [0, 0.05) is 23.3 Å². The molecule has 2 aromatic rings. The fourth-order valence-corrected chi connectivity index (χ4v) is 6.44. The van der Waals surface area contributed by atoms with Gasteiger partial charge in [0.2, 0.25) is 0 Å². The van der Waals surface area contributed by atoms with Crippen LogP contribution in [0.25, 0.3) is 6.08 Å². The number of ether oxygens (including phenoxy) is 1. The van der Waals surface area contributed by atoms with E-state index < -0.39 is 5.97 Å². The molecule has 2 heterocycles. The van der Waals surface area contributed by atoms with Crippen LogP contribution in [0.4, 0.5) is 11.4 Å². The summed E-state index contributed by atoms with van der Waals surface area (Å²) in [5.41, 5.74) is 5.52. The van der Waals surface area contributed by atoms with Gasteiger partial charge in [-0.1, -0.05) is 48.6 Å². The zero-order valence-corrected chi connectivity index (χ0v) is 20.5. The van der Waals surface area contributed by atoms with E-state index >= 15 is 0 Å². The van der Waals surface area contributed by atoms with Crippen molar-refractivity contribution in [1.82, 2.24) is 4.90 Å². The third-order valence-corrected chi connectivity index (χ3v) is 8.06. The number of thioether (sulfide) groups is 1. The molecule has 8 heteroatoms. The average Bonchev–Trinajstić information content (AvgIpc) is 3.49. The standard InChI is InChI=1S/C26H26N2O4S2/c1-2-32-24(30)14-27-25(31)23(34-26(27)33)13-17-8-11-22-20(12-17)19-4-3-5-21(19)28(22)18-9-6-16(15-29)7-10-18/h6-13,19,21,29H,2-5,14-15H2,1H3. The van der Waals surface area contributed by atoms with E-state index in [2.05, 4.69) is 29.2 Å². The van der Waals surface area contributed by atoms with Gasteiger partial charge in [0.15, 0.2) is 0 Å². The Bertz CT molecular complexity index is 1180. The van der Waals surface area contributed by atoms with Gasteiger partial charge in [-0.2, -0.15) is 0 Å². The summed E-state index contributed by atoms with van der Waals surface area (Å²) in [6, 6.07) is 14.9. The van der Waals surface area contributed by atoms with Crippen LogP contribution in [-0.2, 0) is 20.9 Å². The molecule has 0 spiro atoms. The number of carbonyl (C=O) groups is 2. The molecule has 5 rings (SSSR count). The molecule has 2 aromatic carbocycles. The lowest BCUT2D eigenvalue weighted by Gasteiger charge is -2.27. The topological polar surface area (TPSA) is 70.1 Å². The van der Waals surface area contributed by atoms with Crippen molar-refractivity contribution in [2.45, 2.75) is 44.8 Å². The van der Waals surface area contributed by atoms with Crippen LogP contribution in [-0.4, -0.2) is 45.4 Å². The van der Waals surface area contributed by atoms with Crippen molar-refractivity contribution in [3.63, 3.8) is 0 Å². The number of rotatable bonds is 6. The number of hydrogen-bond donors (Lipinski definition) is 1. The second-order valence-electron chi connectivity index (χ2n) is 8.69. The van der Waals surface area contributed by atoms with Crippen molar-refractivity contribution in [3.05, 3.63) is 64.1 Å². The largest absolute Gasteiger partial charge is 0.465 e. The highest BCUT2D eigenvalue weighted by molar-refractivity contribution is 8.26. The number of benzene rings is 2. The average molecular weight is 495 g/mol. The van der Waals surface area contributed by atoms with Crippen molar-refractivity contribution < 1.29 is 19.4 Å². The zero-order valence-electron chi connectivity index (χ0n) is 18.9. The molecule has 2 aliphatic heterocycles. The maximum atomic E-state index is 12.9. The lowest BCUT2D eigenvalue weighted by atomic mass is 9.96. The minimum atomic E-state index is -0.461. The van der Waals surface area contributed by atoms with Crippen LogP contribution in [0.15, 0.2) is 47.4 Å². The Morgan fingerprint density at radius 3 is 2.76 bits per heavy atom. The number of hydrogen-bond acceptors (Lipinski definition) is 7. The van der Waals surface area contributed by atoms with Gasteiger partial charge in [-0.05, 0) is 66.8 Å². The first kappa shape index (κ1) is 23.1. The van der Waals surface area contributed by atoms with E-state index in [0.29, 0.717) is 21.2 Å². The predicted molar refractivity (Wildman–Crippen MR) is 138 cm³/mol. The molecule has 34 heavy (non-hydrogen) atoms. The molecule has 2 fully saturated rings. The molecule has 0 bridgehead atoms. The number of amides is 1. The molecule has 2 atom stereocenters. The maximum Gasteiger partial charge on any atom is 0.326 e. The van der Waals surface area contributed by atoms with Gasteiger partial charge in [-0.3, -0.25) is 14.5 Å². The van der Waals surface area contributed by atoms with Gasteiger partial charge in [-0.25, -0.2) is 0 Å². The van der Waals surface area contributed by atoms with Gasteiger partial charge < -0.3 is 14.7 Å². The second-order valence-corrected chi connectivity index (χ2v) is 10.4. The number of esters is 1. The van der Waals surface area contributed by atoms with Crippen molar-refractivity contribution in [1.29, 1.82) is 0 Å². The Kier molecular flexibility index (Phi) is 6.46. The smallest absolute Gasteiger partial charge is 0.326 e. The molecular weight excluding hydrogens is 468 g/mol. The van der Waals surface area contributed by atoms with Crippen molar-refractivity contribution >= 4 is 57.6 Å². The highest BCUT2D eigenvalue weighted by atomic mass is 32.2. The number of thiocarbonyl (C=S) groups is 1. The summed E-state index contributed by atoms with van der Waals surface area (Å²) in [6.07, 6.45) is 5.35. The first-order valence-corrected chi connectivity index (χ1v) is 12.8. The van der Waals surface area contributed by atoms with Crippen LogP contribution in [0.2, 0.25) is 0 Å². The van der Waals surface area contributed by atoms with Gasteiger partial charge >= 0.3 is 5.97 Å². The molecule has 1 N–H and O–H groups in total. The molecule has 0 aromatic heterocycles. The van der Waals surface area contributed by atoms with E-state index in [-0.39, 0.29) is 25.7 Å². The molecule has 0 radical (unpaired) electrons. The third kappa shape index (κ3) is 4.15. The minimum Gasteiger partial charge on any atom is -0.465 e. The normalized spacial score (nSPS) is 22.5. The van der Waals surface area contributed by atoms with Gasteiger partial charge in [0.1, 0.15) is 10.9 Å². The first-order valence-electron chi connectivity index (χ1n) is 11.5. The number of aliphatic hydroxyl groups is 1. The van der Waals surface area contributed by atoms with Crippen molar-refractivity contribution in [3.8, 4) is 0 Å². The van der Waals surface area contributed by atoms with Crippen LogP contribution in [0.1, 0.15) is 48.8 Å². The van der Waals surface area contributed by atoms with Crippen LogP contribution >= 0.6 is 24.0 Å². The molecule has 6 nitrogen and oxygen atoms in total. The number of aliphatic hydroxyl groups excluding tert-OH is 1. The summed E-state index contributed by atoms with van der Waals surface area (Å²) < 4.78 is 5.34. The molecule has 1 aliphatic carbocycles. The quantitative estimate of drug-likeness (QED) is 0.354. The van der Waals surface area contributed by atoms with E-state index in [9.17, 15) is 14.7 Å². The molecule has 176 valence electrons. The van der Waals surface area contributed by atoms with Crippen LogP contribution < -0.4 is 4.90 Å². The summed E-state index contributed by atoms with van der Waals surface area (Å²) in [7, 11) is 0. The summed E-state index contributed by atoms with van der Waals surface area (Å²) >= 11 is 6.56. The highest BCUT2D eigenvalue weighted by Crippen LogP contribution is 2.52. The Morgan fingerprint density at radius 1 is 1.24 bits per heavy atom. The predicted octanol–water partition coefficient (Wildman–Crippen LogP) is 4.73. The van der Waals surface area contributed by atoms with Crippen LogP contribution in [0, 0.1) is 0 Å². The lowest BCUT2D eigenvalue weighted by Crippen LogP contribution is -2.34. The van der Waals surface area contributed by atoms with Gasteiger partial charge in [-0.15, -0.1) is 0 Å². The van der Waals surface area contributed by atoms with E-state index in [0.717, 1.165) is 29.7 Å².